The highest BCUT2D eigenvalue weighted by molar-refractivity contribution is 6.43. The van der Waals surface area contributed by atoms with Crippen molar-refractivity contribution in [3.63, 3.8) is 0 Å². The molecule has 0 aromatic carbocycles. The second-order valence-electron chi connectivity index (χ2n) is 1.66. The third-order valence-corrected chi connectivity index (χ3v) is 1.76. The third kappa shape index (κ3) is 1.10. The van der Waals surface area contributed by atoms with Crippen molar-refractivity contribution in [1.29, 1.82) is 0 Å². The van der Waals surface area contributed by atoms with E-state index in [0.29, 0.717) is 0 Å². The Kier molecular flexibility index (Phi) is 1.87. The Morgan fingerprint density at radius 1 is 1.50 bits per heavy atom. The van der Waals surface area contributed by atoms with Gasteiger partial charge in [0.2, 0.25) is 0 Å². The second kappa shape index (κ2) is 2.52. The van der Waals surface area contributed by atoms with Crippen molar-refractivity contribution in [2.45, 2.75) is 0 Å². The molecule has 10 heavy (non-hydrogen) atoms. The standard InChI is InChI=1S/C5H4Cl2N2O/c6-3-4(8)2(10)1-9-5(3)7/h1,10H,(H2,8,9). The van der Waals surface area contributed by atoms with Crippen molar-refractivity contribution < 1.29 is 5.11 Å². The highest BCUT2D eigenvalue weighted by Gasteiger charge is 2.06. The molecule has 0 saturated heterocycles. The van der Waals surface area contributed by atoms with Crippen LogP contribution in [0.1, 0.15) is 0 Å². The number of rotatable bonds is 0. The lowest BCUT2D eigenvalue weighted by molar-refractivity contribution is 0.475. The molecule has 0 fully saturated rings. The molecule has 0 aliphatic carbocycles. The van der Waals surface area contributed by atoms with Crippen LogP contribution in [0.2, 0.25) is 10.2 Å². The zero-order chi connectivity index (χ0) is 7.72. The molecule has 0 saturated carbocycles. The molecule has 54 valence electrons. The van der Waals surface area contributed by atoms with E-state index in [0.717, 1.165) is 6.20 Å². The molecule has 3 nitrogen and oxygen atoms in total. The summed E-state index contributed by atoms with van der Waals surface area (Å²) in [6, 6.07) is 0. The normalized spacial score (nSPS) is 9.80. The van der Waals surface area contributed by atoms with Crippen LogP contribution in [-0.4, -0.2) is 10.1 Å². The van der Waals surface area contributed by atoms with Crippen molar-refractivity contribution in [1.82, 2.24) is 4.98 Å². The number of nitrogens with zero attached hydrogens (tertiary/aromatic N) is 1. The summed E-state index contributed by atoms with van der Waals surface area (Å²) in [4.78, 5) is 3.54. The molecule has 0 spiro atoms. The van der Waals surface area contributed by atoms with Crippen LogP contribution in [0.15, 0.2) is 6.20 Å². The first-order valence-electron chi connectivity index (χ1n) is 2.41. The number of hydrogen-bond donors (Lipinski definition) is 2. The first-order valence-corrected chi connectivity index (χ1v) is 3.17. The number of nitrogens with two attached hydrogens (primary N) is 1. The lowest BCUT2D eigenvalue weighted by atomic mass is 10.4. The minimum Gasteiger partial charge on any atom is -0.504 e. The maximum Gasteiger partial charge on any atom is 0.158 e. The van der Waals surface area contributed by atoms with Crippen LogP contribution in [-0.2, 0) is 0 Å². The fourth-order valence-corrected chi connectivity index (χ4v) is 0.764. The van der Waals surface area contributed by atoms with Gasteiger partial charge >= 0.3 is 0 Å². The smallest absolute Gasteiger partial charge is 0.158 e. The second-order valence-corrected chi connectivity index (χ2v) is 2.40. The van der Waals surface area contributed by atoms with Gasteiger partial charge in [0.25, 0.3) is 0 Å². The van der Waals surface area contributed by atoms with E-state index in [2.05, 4.69) is 4.98 Å². The minimum atomic E-state index is -0.158. The summed E-state index contributed by atoms with van der Waals surface area (Å²) in [5.74, 6) is -0.158. The zero-order valence-corrected chi connectivity index (χ0v) is 6.32. The van der Waals surface area contributed by atoms with E-state index < -0.39 is 0 Å². The van der Waals surface area contributed by atoms with Crippen molar-refractivity contribution >= 4 is 28.9 Å². The largest absolute Gasteiger partial charge is 0.504 e. The molecule has 0 bridgehead atoms. The Balaban J connectivity index is 3.34. The summed E-state index contributed by atoms with van der Waals surface area (Å²) < 4.78 is 0. The van der Waals surface area contributed by atoms with Gasteiger partial charge in [0, 0.05) is 0 Å². The van der Waals surface area contributed by atoms with E-state index in [4.69, 9.17) is 34.0 Å². The van der Waals surface area contributed by atoms with Gasteiger partial charge in [-0.2, -0.15) is 0 Å². The van der Waals surface area contributed by atoms with Gasteiger partial charge in [-0.15, -0.1) is 0 Å². The molecule has 1 aromatic rings. The highest BCUT2D eigenvalue weighted by Crippen LogP contribution is 2.31. The number of anilines is 1. The molecule has 0 aliphatic rings. The Morgan fingerprint density at radius 3 is 2.60 bits per heavy atom. The maximum absolute atomic E-state index is 8.89. The summed E-state index contributed by atoms with van der Waals surface area (Å²) in [5.41, 5.74) is 5.33. The molecule has 1 rings (SSSR count). The number of hydrogen-bond acceptors (Lipinski definition) is 3. The third-order valence-electron chi connectivity index (χ3n) is 0.994. The van der Waals surface area contributed by atoms with Gasteiger partial charge in [0.15, 0.2) is 5.75 Å². The minimum absolute atomic E-state index is 0.0571. The monoisotopic (exact) mass is 178 g/mol. The maximum atomic E-state index is 8.89. The summed E-state index contributed by atoms with van der Waals surface area (Å²) >= 11 is 11.0. The van der Waals surface area contributed by atoms with Gasteiger partial charge in [0.1, 0.15) is 10.2 Å². The van der Waals surface area contributed by atoms with Crippen molar-refractivity contribution in [3.05, 3.63) is 16.4 Å². The number of aromatic nitrogens is 1. The topological polar surface area (TPSA) is 59.1 Å². The van der Waals surface area contributed by atoms with Gasteiger partial charge < -0.3 is 10.8 Å². The van der Waals surface area contributed by atoms with Crippen molar-refractivity contribution in [2.75, 3.05) is 5.73 Å². The van der Waals surface area contributed by atoms with E-state index in [9.17, 15) is 0 Å². The van der Waals surface area contributed by atoms with Gasteiger partial charge in [0.05, 0.1) is 11.9 Å². The van der Waals surface area contributed by atoms with Crippen LogP contribution in [0.25, 0.3) is 0 Å². The van der Waals surface area contributed by atoms with Gasteiger partial charge in [-0.1, -0.05) is 23.2 Å². The van der Waals surface area contributed by atoms with Gasteiger partial charge in [-0.3, -0.25) is 0 Å². The Labute approximate surface area is 67.4 Å². The average Bonchev–Trinajstić information content (AvgIpc) is 1.93. The lowest BCUT2D eigenvalue weighted by Gasteiger charge is -2.00. The molecule has 0 unspecified atom stereocenters. The summed E-state index contributed by atoms with van der Waals surface area (Å²) in [7, 11) is 0. The van der Waals surface area contributed by atoms with Crippen LogP contribution in [0.3, 0.4) is 0 Å². The van der Waals surface area contributed by atoms with E-state index in [-0.39, 0.29) is 21.6 Å². The molecular formula is C5H4Cl2N2O. The van der Waals surface area contributed by atoms with Crippen LogP contribution in [0.5, 0.6) is 5.75 Å². The number of halogens is 2. The molecule has 0 amide bonds. The van der Waals surface area contributed by atoms with E-state index in [1.165, 1.54) is 0 Å². The molecule has 1 heterocycles. The van der Waals surface area contributed by atoms with E-state index in [1.54, 1.807) is 0 Å². The highest BCUT2D eigenvalue weighted by atomic mass is 35.5. The average molecular weight is 179 g/mol. The van der Waals surface area contributed by atoms with Gasteiger partial charge in [-0.25, -0.2) is 4.98 Å². The molecule has 3 N–H and O–H groups in total. The molecule has 1 aromatic heterocycles. The lowest BCUT2D eigenvalue weighted by Crippen LogP contribution is -1.89. The fraction of sp³-hybridized carbons (Fsp3) is 0. The molecule has 0 aliphatic heterocycles. The Bertz CT molecular complexity index is 237. The molecule has 5 heteroatoms. The Morgan fingerprint density at radius 2 is 2.10 bits per heavy atom. The predicted octanol–water partition coefficient (Wildman–Crippen LogP) is 1.68. The summed E-state index contributed by atoms with van der Waals surface area (Å²) in [5, 5.41) is 9.07. The quantitative estimate of drug-likeness (QED) is 0.595. The zero-order valence-electron chi connectivity index (χ0n) is 4.81. The fourth-order valence-electron chi connectivity index (χ4n) is 0.468. The number of pyridine rings is 1. The predicted molar refractivity (Wildman–Crippen MR) is 40.3 cm³/mol. The first-order chi connectivity index (χ1) is 4.63. The Hall–Kier alpha value is -0.670. The SMILES string of the molecule is Nc1c(O)cnc(Cl)c1Cl. The molecule has 0 radical (unpaired) electrons. The van der Waals surface area contributed by atoms with Crippen molar-refractivity contribution in [2.24, 2.45) is 0 Å². The number of aromatic hydroxyl groups is 1. The van der Waals surface area contributed by atoms with Crippen LogP contribution < -0.4 is 5.73 Å². The van der Waals surface area contributed by atoms with Crippen LogP contribution >= 0.6 is 23.2 Å². The van der Waals surface area contributed by atoms with E-state index in [1.807, 2.05) is 0 Å². The summed E-state index contributed by atoms with van der Waals surface area (Å²) in [6.45, 7) is 0. The van der Waals surface area contributed by atoms with E-state index >= 15 is 0 Å². The number of nitrogen functional groups attached to an aromatic ring is 1. The molecular weight excluding hydrogens is 175 g/mol. The van der Waals surface area contributed by atoms with Gasteiger partial charge in [-0.05, 0) is 0 Å². The van der Waals surface area contributed by atoms with Crippen molar-refractivity contribution in [3.8, 4) is 5.75 Å². The van der Waals surface area contributed by atoms with Crippen LogP contribution in [0.4, 0.5) is 5.69 Å². The first kappa shape index (κ1) is 7.44. The summed E-state index contributed by atoms with van der Waals surface area (Å²) in [6.07, 6.45) is 1.14. The van der Waals surface area contributed by atoms with Crippen LogP contribution in [0, 0.1) is 0 Å². The molecule has 0 atom stereocenters.